The lowest BCUT2D eigenvalue weighted by Crippen LogP contribution is -2.17. The van der Waals surface area contributed by atoms with Gasteiger partial charge in [0.25, 0.3) is 0 Å². The lowest BCUT2D eigenvalue weighted by molar-refractivity contribution is -0.0298. The number of pyridine rings is 1. The van der Waals surface area contributed by atoms with Gasteiger partial charge in [0.15, 0.2) is 11.5 Å². The van der Waals surface area contributed by atoms with E-state index in [1.54, 1.807) is 6.33 Å². The second-order valence-electron chi connectivity index (χ2n) is 7.30. The van der Waals surface area contributed by atoms with Gasteiger partial charge < -0.3 is 4.74 Å². The number of hydrogen-bond acceptors (Lipinski definition) is 4. The smallest absolute Gasteiger partial charge is 0.173 e. The van der Waals surface area contributed by atoms with Crippen LogP contribution in [0.3, 0.4) is 0 Å². The molecule has 1 fully saturated rings. The predicted octanol–water partition coefficient (Wildman–Crippen LogP) is 5.95. The minimum atomic E-state index is -0.0445. The van der Waals surface area contributed by atoms with E-state index in [4.69, 9.17) is 26.3 Å². The molecule has 0 spiro atoms. The summed E-state index contributed by atoms with van der Waals surface area (Å²) in [5.74, 6) is 0.476. The van der Waals surface area contributed by atoms with Crippen LogP contribution >= 0.6 is 11.6 Å². The van der Waals surface area contributed by atoms with Gasteiger partial charge in [0.1, 0.15) is 11.7 Å². The number of fused-ring (bicyclic) bond motifs is 1. The molecule has 2 aromatic heterocycles. The van der Waals surface area contributed by atoms with Crippen molar-refractivity contribution in [3.63, 3.8) is 0 Å². The van der Waals surface area contributed by atoms with Crippen LogP contribution < -0.4 is 0 Å². The van der Waals surface area contributed by atoms with Crippen molar-refractivity contribution in [2.45, 2.75) is 25.5 Å². The normalized spacial score (nSPS) is 16.5. The highest BCUT2D eigenvalue weighted by Gasteiger charge is 2.20. The zero-order valence-electron chi connectivity index (χ0n) is 16.4. The number of aliphatic imine (C=N–C) groups is 1. The molecule has 30 heavy (non-hydrogen) atoms. The van der Waals surface area contributed by atoms with E-state index in [1.165, 1.54) is 0 Å². The molecular weight excluding hydrogens is 396 g/mol. The number of hydrogen-bond donors (Lipinski definition) is 0. The van der Waals surface area contributed by atoms with Crippen molar-refractivity contribution >= 4 is 34.3 Å². The molecule has 1 atom stereocenters. The van der Waals surface area contributed by atoms with E-state index in [1.807, 2.05) is 71.3 Å². The maximum absolute atomic E-state index is 6.57. The Morgan fingerprint density at radius 3 is 2.33 bits per heavy atom. The molecule has 2 aromatic carbocycles. The Hall–Kier alpha value is -3.02. The first-order chi connectivity index (χ1) is 14.8. The molecule has 150 valence electrons. The Morgan fingerprint density at radius 2 is 1.70 bits per heavy atom. The van der Waals surface area contributed by atoms with E-state index >= 15 is 0 Å². The Bertz CT molecular complexity index is 1140. The van der Waals surface area contributed by atoms with Crippen molar-refractivity contribution in [1.29, 1.82) is 0 Å². The quantitative estimate of drug-likeness (QED) is 0.386. The van der Waals surface area contributed by atoms with Crippen molar-refractivity contribution in [2.24, 2.45) is 4.99 Å². The van der Waals surface area contributed by atoms with Gasteiger partial charge >= 0.3 is 0 Å². The lowest BCUT2D eigenvalue weighted by Gasteiger charge is -2.23. The zero-order valence-corrected chi connectivity index (χ0v) is 17.2. The van der Waals surface area contributed by atoms with Crippen LogP contribution in [0.1, 0.15) is 36.6 Å². The first-order valence-corrected chi connectivity index (χ1v) is 10.5. The second kappa shape index (κ2) is 8.38. The monoisotopic (exact) mass is 416 g/mol. The molecular formula is C24H21ClN4O. The molecule has 0 saturated carbocycles. The molecule has 0 aliphatic carbocycles. The standard InChI is InChI=1S/C24H21ClN4O/c25-19-15-20-24(29(16-26-20)21-13-7-8-14-30-21)28-23(19)27-22(17-9-3-1-4-10-17)18-11-5-2-6-12-18/h1-6,9-12,15-16,21H,7-8,13-14H2. The fourth-order valence-electron chi connectivity index (χ4n) is 3.75. The summed E-state index contributed by atoms with van der Waals surface area (Å²) in [5.41, 5.74) is 4.32. The van der Waals surface area contributed by atoms with Crippen molar-refractivity contribution < 1.29 is 4.74 Å². The number of benzene rings is 2. The highest BCUT2D eigenvalue weighted by atomic mass is 35.5. The third-order valence-electron chi connectivity index (χ3n) is 5.26. The summed E-state index contributed by atoms with van der Waals surface area (Å²) in [4.78, 5) is 14.2. The summed E-state index contributed by atoms with van der Waals surface area (Å²) in [5, 5.41) is 0.474. The van der Waals surface area contributed by atoms with Gasteiger partial charge in [-0.25, -0.2) is 15.0 Å². The summed E-state index contributed by atoms with van der Waals surface area (Å²) in [7, 11) is 0. The highest BCUT2D eigenvalue weighted by molar-refractivity contribution is 6.33. The van der Waals surface area contributed by atoms with Crippen molar-refractivity contribution in [1.82, 2.24) is 14.5 Å². The van der Waals surface area contributed by atoms with Gasteiger partial charge in [-0.05, 0) is 25.3 Å². The van der Waals surface area contributed by atoms with Gasteiger partial charge in [0.05, 0.1) is 17.1 Å². The minimum absolute atomic E-state index is 0.0445. The maximum atomic E-state index is 6.57. The predicted molar refractivity (Wildman–Crippen MR) is 120 cm³/mol. The minimum Gasteiger partial charge on any atom is -0.358 e. The van der Waals surface area contributed by atoms with Gasteiger partial charge in [0, 0.05) is 17.7 Å². The number of nitrogens with zero attached hydrogens (tertiary/aromatic N) is 4. The van der Waals surface area contributed by atoms with Crippen molar-refractivity contribution in [3.05, 3.63) is 89.2 Å². The Morgan fingerprint density at radius 1 is 1.00 bits per heavy atom. The number of halogens is 1. The van der Waals surface area contributed by atoms with Gasteiger partial charge in [-0.1, -0.05) is 72.3 Å². The van der Waals surface area contributed by atoms with Gasteiger partial charge in [-0.2, -0.15) is 0 Å². The maximum Gasteiger partial charge on any atom is 0.173 e. The first-order valence-electron chi connectivity index (χ1n) is 10.1. The Balaban J connectivity index is 1.64. The van der Waals surface area contributed by atoms with Gasteiger partial charge in [-0.3, -0.25) is 4.57 Å². The van der Waals surface area contributed by atoms with Crippen LogP contribution in [-0.2, 0) is 4.74 Å². The molecule has 5 nitrogen and oxygen atoms in total. The summed E-state index contributed by atoms with van der Waals surface area (Å²) in [6, 6.07) is 22.0. The van der Waals surface area contributed by atoms with E-state index in [0.29, 0.717) is 10.8 Å². The molecule has 0 amide bonds. The molecule has 1 saturated heterocycles. The van der Waals surface area contributed by atoms with Crippen LogP contribution in [0.15, 0.2) is 78.0 Å². The Kier molecular flexibility index (Phi) is 5.30. The van der Waals surface area contributed by atoms with Crippen LogP contribution in [0.2, 0.25) is 5.02 Å². The second-order valence-corrected chi connectivity index (χ2v) is 7.71. The van der Waals surface area contributed by atoms with E-state index in [-0.39, 0.29) is 6.23 Å². The number of ether oxygens (including phenoxy) is 1. The molecule has 1 aliphatic heterocycles. The summed E-state index contributed by atoms with van der Waals surface area (Å²) in [6.07, 6.45) is 4.92. The number of rotatable bonds is 4. The molecule has 3 heterocycles. The van der Waals surface area contributed by atoms with Crippen molar-refractivity contribution in [2.75, 3.05) is 6.61 Å². The number of imidazole rings is 1. The SMILES string of the molecule is Clc1cc2ncn(C3CCCCO3)c2nc1N=C(c1ccccc1)c1ccccc1. The molecule has 1 aliphatic rings. The summed E-state index contributed by atoms with van der Waals surface area (Å²) < 4.78 is 7.93. The fourth-order valence-corrected chi connectivity index (χ4v) is 3.94. The summed E-state index contributed by atoms with van der Waals surface area (Å²) in [6.45, 7) is 0.759. The first kappa shape index (κ1) is 19.0. The highest BCUT2D eigenvalue weighted by Crippen LogP contribution is 2.31. The molecule has 6 heteroatoms. The molecule has 0 radical (unpaired) electrons. The zero-order chi connectivity index (χ0) is 20.3. The molecule has 0 bridgehead atoms. The fraction of sp³-hybridized carbons (Fsp3) is 0.208. The van der Waals surface area contributed by atoms with E-state index in [2.05, 4.69) is 4.98 Å². The largest absolute Gasteiger partial charge is 0.358 e. The van der Waals surface area contributed by atoms with Crippen LogP contribution in [-0.4, -0.2) is 26.9 Å². The van der Waals surface area contributed by atoms with Crippen LogP contribution in [0.25, 0.3) is 11.2 Å². The van der Waals surface area contributed by atoms with E-state index in [9.17, 15) is 0 Å². The van der Waals surface area contributed by atoms with Crippen LogP contribution in [0.5, 0.6) is 0 Å². The van der Waals surface area contributed by atoms with Crippen LogP contribution in [0.4, 0.5) is 5.82 Å². The third-order valence-corrected chi connectivity index (χ3v) is 5.54. The summed E-state index contributed by atoms with van der Waals surface area (Å²) >= 11 is 6.57. The third kappa shape index (κ3) is 3.74. The Labute approximate surface area is 180 Å². The van der Waals surface area contributed by atoms with Gasteiger partial charge in [0.2, 0.25) is 0 Å². The van der Waals surface area contributed by atoms with Crippen LogP contribution in [0, 0.1) is 0 Å². The average Bonchev–Trinajstić information content (AvgIpc) is 3.21. The van der Waals surface area contributed by atoms with Crippen molar-refractivity contribution in [3.8, 4) is 0 Å². The molecule has 4 aromatic rings. The topological polar surface area (TPSA) is 52.3 Å². The molecule has 5 rings (SSSR count). The van der Waals surface area contributed by atoms with E-state index < -0.39 is 0 Å². The number of aromatic nitrogens is 3. The molecule has 1 unspecified atom stereocenters. The van der Waals surface area contributed by atoms with Gasteiger partial charge in [-0.15, -0.1) is 0 Å². The lowest BCUT2D eigenvalue weighted by atomic mass is 10.0. The molecule has 0 N–H and O–H groups in total. The average molecular weight is 417 g/mol. The van der Waals surface area contributed by atoms with E-state index in [0.717, 1.165) is 53.9 Å².